The number of benzene rings is 2. The zero-order valence-corrected chi connectivity index (χ0v) is 20.6. The van der Waals surface area contributed by atoms with Crippen LogP contribution in [0.5, 0.6) is 5.75 Å². The molecule has 3 heterocycles. The number of carbonyl (C=O) groups excluding carboxylic acids is 3. The van der Waals surface area contributed by atoms with Crippen LogP contribution < -0.4 is 15.4 Å². The van der Waals surface area contributed by atoms with Gasteiger partial charge in [0.05, 0.1) is 13.2 Å². The van der Waals surface area contributed by atoms with Gasteiger partial charge < -0.3 is 25.3 Å². The van der Waals surface area contributed by atoms with Crippen LogP contribution in [0.3, 0.4) is 0 Å². The van der Waals surface area contributed by atoms with E-state index in [0.717, 1.165) is 16.5 Å². The fourth-order valence-corrected chi connectivity index (χ4v) is 5.42. The Kier molecular flexibility index (Phi) is 6.82. The number of hydrogen-bond donors (Lipinski definition) is 3. The standard InChI is InChI=1S/C28H29N5O4/c1-37-25-9-5-8-22-21(25)14-23(32-22)28(36)33-16-19(17-6-3-2-4-7-17)13-24(33)27(35)31-20(15-29)12-18-10-11-30-26(18)34/h2-9,14,18-20,24,32H,10-13,16H2,1H3,(H,30,34)(H,31,35)/t18-,19+,20-,24?/m0/s1. The summed E-state index contributed by atoms with van der Waals surface area (Å²) in [5.74, 6) is -0.444. The number of nitriles is 1. The second kappa shape index (κ2) is 10.3. The number of amides is 3. The minimum absolute atomic E-state index is 0.0269. The highest BCUT2D eigenvalue weighted by Crippen LogP contribution is 2.34. The Morgan fingerprint density at radius 2 is 2.03 bits per heavy atom. The van der Waals surface area contributed by atoms with Crippen molar-refractivity contribution in [3.8, 4) is 11.8 Å². The fraction of sp³-hybridized carbons (Fsp3) is 0.357. The Morgan fingerprint density at radius 1 is 1.22 bits per heavy atom. The number of carbonyl (C=O) groups is 3. The molecular weight excluding hydrogens is 470 g/mol. The summed E-state index contributed by atoms with van der Waals surface area (Å²) in [6.45, 7) is 0.949. The number of nitrogens with one attached hydrogen (secondary N) is 3. The Balaban J connectivity index is 1.40. The molecule has 2 aliphatic heterocycles. The SMILES string of the molecule is COc1cccc2[nH]c(C(=O)N3C[C@H](c4ccccc4)CC3C(=O)N[C@H](C#N)C[C@@H]3CCNC3=O)cc12. The van der Waals surface area contributed by atoms with E-state index in [9.17, 15) is 19.6 Å². The lowest BCUT2D eigenvalue weighted by molar-refractivity contribution is -0.126. The first-order chi connectivity index (χ1) is 18.0. The second-order valence-corrected chi connectivity index (χ2v) is 9.62. The molecule has 0 aliphatic carbocycles. The molecule has 3 aromatic rings. The third-order valence-electron chi connectivity index (χ3n) is 7.37. The lowest BCUT2D eigenvalue weighted by Gasteiger charge is -2.25. The summed E-state index contributed by atoms with van der Waals surface area (Å²) in [4.78, 5) is 44.0. The molecule has 4 atom stereocenters. The van der Waals surface area contributed by atoms with Gasteiger partial charge >= 0.3 is 0 Å². The highest BCUT2D eigenvalue weighted by molar-refractivity contribution is 6.02. The van der Waals surface area contributed by atoms with Gasteiger partial charge in [0.15, 0.2) is 0 Å². The van der Waals surface area contributed by atoms with E-state index in [2.05, 4.69) is 21.7 Å². The molecule has 2 aliphatic rings. The third kappa shape index (κ3) is 4.87. The van der Waals surface area contributed by atoms with Crippen molar-refractivity contribution in [2.45, 2.75) is 37.3 Å². The summed E-state index contributed by atoms with van der Waals surface area (Å²) in [7, 11) is 1.58. The number of H-pyrrole nitrogens is 1. The third-order valence-corrected chi connectivity index (χ3v) is 7.37. The molecular formula is C28H29N5O4. The quantitative estimate of drug-likeness (QED) is 0.461. The van der Waals surface area contributed by atoms with E-state index in [1.165, 1.54) is 0 Å². The molecule has 0 saturated carbocycles. The fourth-order valence-electron chi connectivity index (χ4n) is 5.42. The van der Waals surface area contributed by atoms with E-state index in [0.29, 0.717) is 37.4 Å². The van der Waals surface area contributed by atoms with E-state index in [1.807, 2.05) is 48.5 Å². The Morgan fingerprint density at radius 3 is 2.73 bits per heavy atom. The average Bonchev–Trinajstić information content (AvgIpc) is 3.66. The van der Waals surface area contributed by atoms with Crippen molar-refractivity contribution in [1.82, 2.24) is 20.5 Å². The van der Waals surface area contributed by atoms with Gasteiger partial charge in [0, 0.05) is 35.8 Å². The van der Waals surface area contributed by atoms with Gasteiger partial charge in [0.1, 0.15) is 23.5 Å². The van der Waals surface area contributed by atoms with Crippen molar-refractivity contribution in [1.29, 1.82) is 5.26 Å². The molecule has 2 saturated heterocycles. The summed E-state index contributed by atoms with van der Waals surface area (Å²) in [6, 6.07) is 17.7. The van der Waals surface area contributed by atoms with Crippen LogP contribution in [-0.4, -0.2) is 59.9 Å². The van der Waals surface area contributed by atoms with E-state index < -0.39 is 12.1 Å². The molecule has 37 heavy (non-hydrogen) atoms. The first kappa shape index (κ1) is 24.4. The van der Waals surface area contributed by atoms with Gasteiger partial charge in [0.25, 0.3) is 5.91 Å². The molecule has 9 nitrogen and oxygen atoms in total. The number of fused-ring (bicyclic) bond motifs is 1. The summed E-state index contributed by atoms with van der Waals surface area (Å²) in [5, 5.41) is 16.0. The predicted molar refractivity (Wildman–Crippen MR) is 137 cm³/mol. The van der Waals surface area contributed by atoms with E-state index >= 15 is 0 Å². The van der Waals surface area contributed by atoms with E-state index in [-0.39, 0.29) is 36.0 Å². The molecule has 9 heteroatoms. The van der Waals surface area contributed by atoms with Gasteiger partial charge in [-0.15, -0.1) is 0 Å². The van der Waals surface area contributed by atoms with Crippen LogP contribution in [0.15, 0.2) is 54.6 Å². The molecule has 0 bridgehead atoms. The van der Waals surface area contributed by atoms with Gasteiger partial charge in [-0.1, -0.05) is 36.4 Å². The molecule has 2 aromatic carbocycles. The Labute approximate surface area is 214 Å². The van der Waals surface area contributed by atoms with Crippen molar-refractivity contribution in [3.05, 3.63) is 65.9 Å². The molecule has 5 rings (SSSR count). The normalized spacial score (nSPS) is 21.9. The van der Waals surface area contributed by atoms with Gasteiger partial charge in [-0.05, 0) is 43.0 Å². The van der Waals surface area contributed by atoms with Crippen LogP contribution in [0.25, 0.3) is 10.9 Å². The largest absolute Gasteiger partial charge is 0.496 e. The zero-order chi connectivity index (χ0) is 25.9. The van der Waals surface area contributed by atoms with Gasteiger partial charge in [-0.25, -0.2) is 0 Å². The Bertz CT molecular complexity index is 1360. The summed E-state index contributed by atoms with van der Waals surface area (Å²) in [6.07, 6.45) is 1.33. The molecule has 1 unspecified atom stereocenters. The number of likely N-dealkylation sites (tertiary alicyclic amines) is 1. The number of methoxy groups -OCH3 is 1. The second-order valence-electron chi connectivity index (χ2n) is 9.62. The summed E-state index contributed by atoms with van der Waals surface area (Å²) in [5.41, 5.74) is 2.18. The molecule has 2 fully saturated rings. The van der Waals surface area contributed by atoms with Crippen LogP contribution >= 0.6 is 0 Å². The van der Waals surface area contributed by atoms with Gasteiger partial charge in [-0.2, -0.15) is 5.26 Å². The smallest absolute Gasteiger partial charge is 0.271 e. The topological polar surface area (TPSA) is 127 Å². The van der Waals surface area contributed by atoms with Crippen molar-refractivity contribution in [2.24, 2.45) is 5.92 Å². The Hall–Kier alpha value is -4.32. The van der Waals surface area contributed by atoms with Crippen molar-refractivity contribution >= 4 is 28.6 Å². The lowest BCUT2D eigenvalue weighted by Crippen LogP contribution is -2.49. The van der Waals surface area contributed by atoms with Crippen LogP contribution in [0.4, 0.5) is 0 Å². The average molecular weight is 500 g/mol. The van der Waals surface area contributed by atoms with Gasteiger partial charge in [-0.3, -0.25) is 14.4 Å². The predicted octanol–water partition coefficient (Wildman–Crippen LogP) is 2.71. The lowest BCUT2D eigenvalue weighted by atomic mass is 9.95. The molecule has 190 valence electrons. The van der Waals surface area contributed by atoms with Crippen molar-refractivity contribution < 1.29 is 19.1 Å². The number of ether oxygens (including phenoxy) is 1. The maximum absolute atomic E-state index is 13.7. The first-order valence-electron chi connectivity index (χ1n) is 12.5. The monoisotopic (exact) mass is 499 g/mol. The number of rotatable bonds is 7. The van der Waals surface area contributed by atoms with Crippen LogP contribution in [-0.2, 0) is 9.59 Å². The molecule has 0 radical (unpaired) electrons. The highest BCUT2D eigenvalue weighted by Gasteiger charge is 2.41. The summed E-state index contributed by atoms with van der Waals surface area (Å²) >= 11 is 0. The van der Waals surface area contributed by atoms with Crippen LogP contribution in [0.2, 0.25) is 0 Å². The van der Waals surface area contributed by atoms with Crippen LogP contribution in [0.1, 0.15) is 41.2 Å². The summed E-state index contributed by atoms with van der Waals surface area (Å²) < 4.78 is 5.43. The zero-order valence-electron chi connectivity index (χ0n) is 20.6. The minimum atomic E-state index is -0.814. The van der Waals surface area contributed by atoms with Crippen LogP contribution in [0, 0.1) is 17.2 Å². The minimum Gasteiger partial charge on any atom is -0.496 e. The molecule has 3 amide bonds. The molecule has 1 aromatic heterocycles. The maximum atomic E-state index is 13.7. The number of nitrogens with zero attached hydrogens (tertiary/aromatic N) is 2. The number of aromatic amines is 1. The van der Waals surface area contributed by atoms with E-state index in [1.54, 1.807) is 18.1 Å². The maximum Gasteiger partial charge on any atom is 0.271 e. The molecule has 3 N–H and O–H groups in total. The number of aromatic nitrogens is 1. The first-order valence-corrected chi connectivity index (χ1v) is 12.5. The molecule has 0 spiro atoms. The van der Waals surface area contributed by atoms with Crippen molar-refractivity contribution in [3.63, 3.8) is 0 Å². The van der Waals surface area contributed by atoms with Crippen molar-refractivity contribution in [2.75, 3.05) is 20.2 Å². The van der Waals surface area contributed by atoms with Gasteiger partial charge in [0.2, 0.25) is 11.8 Å². The highest BCUT2D eigenvalue weighted by atomic mass is 16.5. The van der Waals surface area contributed by atoms with E-state index in [4.69, 9.17) is 4.74 Å². The number of hydrogen-bond acceptors (Lipinski definition) is 5.